The molecular formula is C24H32N2O5. The van der Waals surface area contributed by atoms with Crippen molar-refractivity contribution in [3.05, 3.63) is 52.4 Å². The van der Waals surface area contributed by atoms with E-state index in [0.717, 1.165) is 11.3 Å². The lowest BCUT2D eigenvalue weighted by atomic mass is 9.68. The predicted octanol–water partition coefficient (Wildman–Crippen LogP) is 2.82. The van der Waals surface area contributed by atoms with Crippen molar-refractivity contribution in [2.75, 3.05) is 33.5 Å². The Kier molecular flexibility index (Phi) is 7.18. The molecule has 0 saturated heterocycles. The second-order valence-corrected chi connectivity index (χ2v) is 8.62. The minimum absolute atomic E-state index is 0.0373. The highest BCUT2D eigenvalue weighted by Crippen LogP contribution is 2.47. The number of hydrogen-bond donors (Lipinski definition) is 2. The lowest BCUT2D eigenvalue weighted by Gasteiger charge is -2.40. The number of carbonyl (C=O) groups excluding carboxylic acids is 2. The lowest BCUT2D eigenvalue weighted by Crippen LogP contribution is -2.40. The van der Waals surface area contributed by atoms with Crippen LogP contribution in [0.4, 0.5) is 0 Å². The first kappa shape index (κ1) is 23.0. The maximum atomic E-state index is 13.3. The first-order valence-electron chi connectivity index (χ1n) is 10.7. The van der Waals surface area contributed by atoms with E-state index < -0.39 is 11.9 Å². The van der Waals surface area contributed by atoms with Crippen molar-refractivity contribution in [3.63, 3.8) is 0 Å². The second-order valence-electron chi connectivity index (χ2n) is 8.62. The van der Waals surface area contributed by atoms with Gasteiger partial charge in [0.15, 0.2) is 5.78 Å². The number of nitrogens with one attached hydrogen (secondary N) is 1. The van der Waals surface area contributed by atoms with E-state index in [1.54, 1.807) is 14.0 Å². The van der Waals surface area contributed by atoms with Crippen LogP contribution in [0.3, 0.4) is 0 Å². The molecule has 3 N–H and O–H groups in total. The molecule has 0 spiro atoms. The normalized spacial score (nSPS) is 20.3. The smallest absolute Gasteiger partial charge is 0.336 e. The Labute approximate surface area is 183 Å². The van der Waals surface area contributed by atoms with Crippen LogP contribution in [0.5, 0.6) is 5.75 Å². The number of esters is 1. The molecule has 1 unspecified atom stereocenters. The average Bonchev–Trinajstić information content (AvgIpc) is 2.72. The summed E-state index contributed by atoms with van der Waals surface area (Å²) in [6.07, 6.45) is 1.12. The molecule has 0 bridgehead atoms. The van der Waals surface area contributed by atoms with Crippen LogP contribution in [0.1, 0.15) is 45.1 Å². The van der Waals surface area contributed by atoms with Crippen molar-refractivity contribution in [1.82, 2.24) is 5.32 Å². The summed E-state index contributed by atoms with van der Waals surface area (Å²) in [5.41, 5.74) is 8.69. The summed E-state index contributed by atoms with van der Waals surface area (Å²) in [6.45, 7) is 7.06. The van der Waals surface area contributed by atoms with Gasteiger partial charge in [0.25, 0.3) is 0 Å². The topological polar surface area (TPSA) is 99.9 Å². The van der Waals surface area contributed by atoms with Gasteiger partial charge in [-0.1, -0.05) is 26.0 Å². The third kappa shape index (κ3) is 4.99. The fourth-order valence-electron chi connectivity index (χ4n) is 4.32. The number of ether oxygens (including phenoxy) is 3. The minimum atomic E-state index is -0.550. The SMILES string of the molecule is CCOC(=O)C1=C(COCCN)NC2=C(C(=O)CC(C)(C)C2)C1c1cccc(OC)c1. The Bertz CT molecular complexity index is 916. The highest BCUT2D eigenvalue weighted by Gasteiger charge is 2.43. The van der Waals surface area contributed by atoms with E-state index in [-0.39, 0.29) is 24.4 Å². The Hall–Kier alpha value is -2.64. The molecule has 0 amide bonds. The number of allylic oxidation sites excluding steroid dienone is 2. The lowest BCUT2D eigenvalue weighted by molar-refractivity contribution is -0.139. The number of hydrogen-bond acceptors (Lipinski definition) is 7. The van der Waals surface area contributed by atoms with Gasteiger partial charge in [0.1, 0.15) is 5.75 Å². The van der Waals surface area contributed by atoms with Gasteiger partial charge in [-0.3, -0.25) is 4.79 Å². The maximum absolute atomic E-state index is 13.3. The Balaban J connectivity index is 2.19. The first-order valence-corrected chi connectivity index (χ1v) is 10.7. The number of Topliss-reactive ketones (excluding diaryl/α,β-unsaturated/α-hetero) is 1. The van der Waals surface area contributed by atoms with Gasteiger partial charge < -0.3 is 25.3 Å². The molecule has 1 aliphatic carbocycles. The summed E-state index contributed by atoms with van der Waals surface area (Å²) in [4.78, 5) is 26.4. The molecule has 168 valence electrons. The van der Waals surface area contributed by atoms with Gasteiger partial charge in [-0.05, 0) is 36.5 Å². The largest absolute Gasteiger partial charge is 0.497 e. The zero-order valence-electron chi connectivity index (χ0n) is 18.7. The molecule has 1 atom stereocenters. The molecule has 7 heteroatoms. The van der Waals surface area contributed by atoms with Crippen molar-refractivity contribution < 1.29 is 23.8 Å². The van der Waals surface area contributed by atoms with Crippen molar-refractivity contribution in [3.8, 4) is 5.75 Å². The first-order chi connectivity index (χ1) is 14.8. The third-order valence-electron chi connectivity index (χ3n) is 5.56. The van der Waals surface area contributed by atoms with E-state index in [2.05, 4.69) is 19.2 Å². The van der Waals surface area contributed by atoms with Crippen molar-refractivity contribution in [2.45, 2.75) is 39.5 Å². The molecule has 31 heavy (non-hydrogen) atoms. The van der Waals surface area contributed by atoms with Crippen LogP contribution in [0, 0.1) is 5.41 Å². The highest BCUT2D eigenvalue weighted by molar-refractivity contribution is 6.04. The molecule has 1 aromatic rings. The zero-order valence-corrected chi connectivity index (χ0v) is 18.7. The summed E-state index contributed by atoms with van der Waals surface area (Å²) >= 11 is 0. The summed E-state index contributed by atoms with van der Waals surface area (Å²) in [6, 6.07) is 7.48. The van der Waals surface area contributed by atoms with Gasteiger partial charge in [-0.15, -0.1) is 0 Å². The highest BCUT2D eigenvalue weighted by atomic mass is 16.5. The van der Waals surface area contributed by atoms with E-state index in [9.17, 15) is 9.59 Å². The monoisotopic (exact) mass is 428 g/mol. The molecule has 1 heterocycles. The summed E-state index contributed by atoms with van der Waals surface area (Å²) in [5.74, 6) is -0.315. The van der Waals surface area contributed by atoms with Crippen LogP contribution in [0.25, 0.3) is 0 Å². The minimum Gasteiger partial charge on any atom is -0.497 e. The van der Waals surface area contributed by atoms with Gasteiger partial charge in [0.05, 0.1) is 38.2 Å². The number of carbonyl (C=O) groups is 2. The van der Waals surface area contributed by atoms with Gasteiger partial charge in [-0.2, -0.15) is 0 Å². The van der Waals surface area contributed by atoms with E-state index in [4.69, 9.17) is 19.9 Å². The molecule has 1 aromatic carbocycles. The van der Waals surface area contributed by atoms with Gasteiger partial charge in [0.2, 0.25) is 0 Å². The van der Waals surface area contributed by atoms with E-state index in [1.807, 2.05) is 24.3 Å². The maximum Gasteiger partial charge on any atom is 0.336 e. The molecule has 3 rings (SSSR count). The molecule has 0 aromatic heterocycles. The number of methoxy groups -OCH3 is 1. The molecule has 0 radical (unpaired) electrons. The second kappa shape index (κ2) is 9.66. The van der Waals surface area contributed by atoms with E-state index in [1.165, 1.54) is 0 Å². The fourth-order valence-corrected chi connectivity index (χ4v) is 4.32. The Morgan fingerprint density at radius 3 is 2.74 bits per heavy atom. The summed E-state index contributed by atoms with van der Waals surface area (Å²) in [5, 5.41) is 3.36. The molecule has 0 saturated carbocycles. The Morgan fingerprint density at radius 2 is 2.06 bits per heavy atom. The predicted molar refractivity (Wildman–Crippen MR) is 117 cm³/mol. The van der Waals surface area contributed by atoms with Crippen LogP contribution >= 0.6 is 0 Å². The quantitative estimate of drug-likeness (QED) is 0.485. The number of rotatable bonds is 8. The van der Waals surface area contributed by atoms with Gasteiger partial charge >= 0.3 is 5.97 Å². The molecule has 0 fully saturated rings. The molecular weight excluding hydrogens is 396 g/mol. The standard InChI is InChI=1S/C24H32N2O5/c1-5-31-23(28)22-18(14-30-10-9-25)26-17-12-24(2,3)13-19(27)21(17)20(22)15-7-6-8-16(11-15)29-4/h6-8,11,20,26H,5,9-10,12-14,25H2,1-4H3. The number of nitrogens with two attached hydrogens (primary N) is 1. The van der Waals surface area contributed by atoms with Crippen LogP contribution < -0.4 is 15.8 Å². The third-order valence-corrected chi connectivity index (χ3v) is 5.56. The molecule has 2 aliphatic rings. The molecule has 7 nitrogen and oxygen atoms in total. The van der Waals surface area contributed by atoms with E-state index in [0.29, 0.717) is 48.6 Å². The number of ketones is 1. The van der Waals surface area contributed by atoms with E-state index >= 15 is 0 Å². The van der Waals surface area contributed by atoms with Crippen molar-refractivity contribution in [1.29, 1.82) is 0 Å². The van der Waals surface area contributed by atoms with Crippen LogP contribution in [-0.4, -0.2) is 45.2 Å². The number of benzene rings is 1. The van der Waals surface area contributed by atoms with Crippen LogP contribution in [0.15, 0.2) is 46.8 Å². The van der Waals surface area contributed by atoms with Gasteiger partial charge in [0, 0.05) is 30.2 Å². The van der Waals surface area contributed by atoms with Crippen molar-refractivity contribution in [2.24, 2.45) is 11.1 Å². The fraction of sp³-hybridized carbons (Fsp3) is 0.500. The molecule has 1 aliphatic heterocycles. The van der Waals surface area contributed by atoms with Crippen molar-refractivity contribution >= 4 is 11.8 Å². The zero-order chi connectivity index (χ0) is 22.6. The Morgan fingerprint density at radius 1 is 1.29 bits per heavy atom. The summed E-state index contributed by atoms with van der Waals surface area (Å²) < 4.78 is 16.5. The van der Waals surface area contributed by atoms with Crippen LogP contribution in [0.2, 0.25) is 0 Å². The van der Waals surface area contributed by atoms with Gasteiger partial charge in [-0.25, -0.2) is 4.79 Å². The number of dihydropyridines is 1. The van der Waals surface area contributed by atoms with Crippen LogP contribution in [-0.2, 0) is 19.1 Å². The summed E-state index contributed by atoms with van der Waals surface area (Å²) in [7, 11) is 1.59. The average molecular weight is 429 g/mol.